The van der Waals surface area contributed by atoms with Crippen molar-refractivity contribution < 1.29 is 23.4 Å². The first-order chi connectivity index (χ1) is 13.2. The van der Waals surface area contributed by atoms with Gasteiger partial charge in [-0.3, -0.25) is 4.72 Å². The van der Waals surface area contributed by atoms with Crippen molar-refractivity contribution >= 4 is 43.8 Å². The van der Waals surface area contributed by atoms with Gasteiger partial charge in [-0.15, -0.1) is 11.3 Å². The SMILES string of the molecule is CN(c1ccc2c(c1)CS(=O)(=O)N2)c1nc(-c2ccc(O)c(C(=O)O)c2)cs1. The summed E-state index contributed by atoms with van der Waals surface area (Å²) in [5, 5.41) is 21.3. The van der Waals surface area contributed by atoms with Gasteiger partial charge in [-0.2, -0.15) is 0 Å². The van der Waals surface area contributed by atoms with E-state index in [0.717, 1.165) is 5.69 Å². The number of thiazole rings is 1. The second-order valence-corrected chi connectivity index (χ2v) is 8.87. The van der Waals surface area contributed by atoms with E-state index in [1.807, 2.05) is 11.9 Å². The lowest BCUT2D eigenvalue weighted by Crippen LogP contribution is -2.09. The highest BCUT2D eigenvalue weighted by Crippen LogP contribution is 2.35. The second-order valence-electron chi connectivity index (χ2n) is 6.31. The lowest BCUT2D eigenvalue weighted by molar-refractivity contribution is 0.0693. The average molecular weight is 417 g/mol. The van der Waals surface area contributed by atoms with Gasteiger partial charge >= 0.3 is 5.97 Å². The van der Waals surface area contributed by atoms with Crippen molar-refractivity contribution in [1.29, 1.82) is 0 Å². The summed E-state index contributed by atoms with van der Waals surface area (Å²) in [6, 6.07) is 9.64. The number of hydrogen-bond acceptors (Lipinski definition) is 7. The molecule has 3 aromatic rings. The van der Waals surface area contributed by atoms with Gasteiger partial charge < -0.3 is 15.1 Å². The molecule has 0 fully saturated rings. The molecular weight excluding hydrogens is 402 g/mol. The van der Waals surface area contributed by atoms with E-state index in [-0.39, 0.29) is 17.1 Å². The zero-order valence-corrected chi connectivity index (χ0v) is 16.2. The number of rotatable bonds is 4. The van der Waals surface area contributed by atoms with E-state index in [1.54, 1.807) is 29.6 Å². The number of nitrogens with one attached hydrogen (secondary N) is 1. The molecule has 1 aliphatic rings. The Morgan fingerprint density at radius 2 is 2.04 bits per heavy atom. The van der Waals surface area contributed by atoms with E-state index in [9.17, 15) is 18.3 Å². The lowest BCUT2D eigenvalue weighted by atomic mass is 10.1. The molecule has 2 aromatic carbocycles. The van der Waals surface area contributed by atoms with E-state index in [0.29, 0.717) is 27.6 Å². The van der Waals surface area contributed by atoms with Crippen molar-refractivity contribution in [1.82, 2.24) is 4.98 Å². The maximum Gasteiger partial charge on any atom is 0.339 e. The minimum absolute atomic E-state index is 0.0569. The number of aromatic carboxylic acids is 1. The van der Waals surface area contributed by atoms with Crippen LogP contribution in [-0.4, -0.2) is 36.6 Å². The number of anilines is 3. The maximum atomic E-state index is 11.7. The van der Waals surface area contributed by atoms with Gasteiger partial charge in [0.25, 0.3) is 0 Å². The molecule has 8 nitrogen and oxygen atoms in total. The van der Waals surface area contributed by atoms with Crippen LogP contribution in [0, 0.1) is 0 Å². The second kappa shape index (κ2) is 6.50. The van der Waals surface area contributed by atoms with Gasteiger partial charge in [0.1, 0.15) is 11.3 Å². The summed E-state index contributed by atoms with van der Waals surface area (Å²) in [5.74, 6) is -1.57. The van der Waals surface area contributed by atoms with Crippen LogP contribution in [0.5, 0.6) is 5.75 Å². The van der Waals surface area contributed by atoms with Crippen molar-refractivity contribution in [2.24, 2.45) is 0 Å². The summed E-state index contributed by atoms with van der Waals surface area (Å²) in [4.78, 5) is 17.6. The zero-order chi connectivity index (χ0) is 20.1. The molecule has 2 heterocycles. The third kappa shape index (κ3) is 3.27. The first kappa shape index (κ1) is 18.3. The van der Waals surface area contributed by atoms with E-state index in [4.69, 9.17) is 5.11 Å². The number of phenols is 1. The molecule has 0 atom stereocenters. The molecule has 0 amide bonds. The molecule has 1 aliphatic heterocycles. The van der Waals surface area contributed by atoms with Crippen LogP contribution >= 0.6 is 11.3 Å². The quantitative estimate of drug-likeness (QED) is 0.596. The molecule has 0 bridgehead atoms. The number of hydrogen-bond donors (Lipinski definition) is 3. The number of benzene rings is 2. The normalized spacial score (nSPS) is 14.3. The van der Waals surface area contributed by atoms with Crippen LogP contribution < -0.4 is 9.62 Å². The Balaban J connectivity index is 1.63. The zero-order valence-electron chi connectivity index (χ0n) is 14.6. The Hall–Kier alpha value is -3.11. The van der Waals surface area contributed by atoms with Crippen LogP contribution in [0.2, 0.25) is 0 Å². The lowest BCUT2D eigenvalue weighted by Gasteiger charge is -2.16. The van der Waals surface area contributed by atoms with Crippen LogP contribution in [0.1, 0.15) is 15.9 Å². The van der Waals surface area contributed by atoms with Crippen LogP contribution in [0.3, 0.4) is 0 Å². The minimum Gasteiger partial charge on any atom is -0.507 e. The molecular formula is C18H15N3O5S2. The summed E-state index contributed by atoms with van der Waals surface area (Å²) in [5.41, 5.74) is 3.05. The third-order valence-corrected chi connectivity index (χ3v) is 6.53. The predicted octanol–water partition coefficient (Wildman–Crippen LogP) is 3.24. The fraction of sp³-hybridized carbons (Fsp3) is 0.111. The molecule has 1 aromatic heterocycles. The molecule has 28 heavy (non-hydrogen) atoms. The van der Waals surface area contributed by atoms with Crippen molar-refractivity contribution in [2.75, 3.05) is 16.7 Å². The summed E-state index contributed by atoms with van der Waals surface area (Å²) in [6.07, 6.45) is 0. The smallest absolute Gasteiger partial charge is 0.339 e. The molecule has 10 heteroatoms. The van der Waals surface area contributed by atoms with Gasteiger partial charge in [-0.25, -0.2) is 18.2 Å². The number of aromatic nitrogens is 1. The molecule has 0 unspecified atom stereocenters. The van der Waals surface area contributed by atoms with E-state index >= 15 is 0 Å². The monoisotopic (exact) mass is 417 g/mol. The standard InChI is InChI=1S/C18H15N3O5S2/c1-21(12-3-4-14-11(6-12)9-28(25,26)20-14)18-19-15(8-27-18)10-2-5-16(22)13(7-10)17(23)24/h2-8,20,22H,9H2,1H3,(H,23,24). The van der Waals surface area contributed by atoms with Gasteiger partial charge in [0.2, 0.25) is 10.0 Å². The highest BCUT2D eigenvalue weighted by molar-refractivity contribution is 7.92. The number of aromatic hydroxyl groups is 1. The van der Waals surface area contributed by atoms with Crippen molar-refractivity contribution in [3.05, 3.63) is 52.9 Å². The Kier molecular flexibility index (Phi) is 4.24. The Morgan fingerprint density at radius 3 is 2.79 bits per heavy atom. The van der Waals surface area contributed by atoms with Gasteiger partial charge in [0.05, 0.1) is 17.1 Å². The predicted molar refractivity (Wildman–Crippen MR) is 107 cm³/mol. The molecule has 3 N–H and O–H groups in total. The van der Waals surface area contributed by atoms with E-state index in [1.165, 1.54) is 23.5 Å². The Bertz CT molecular complexity index is 1200. The van der Waals surface area contributed by atoms with Crippen LogP contribution in [-0.2, 0) is 15.8 Å². The summed E-state index contributed by atoms with van der Waals surface area (Å²) < 4.78 is 25.9. The maximum absolute atomic E-state index is 11.7. The third-order valence-electron chi connectivity index (χ3n) is 4.39. The largest absolute Gasteiger partial charge is 0.507 e. The highest BCUT2D eigenvalue weighted by Gasteiger charge is 2.24. The molecule has 4 rings (SSSR count). The van der Waals surface area contributed by atoms with E-state index in [2.05, 4.69) is 9.71 Å². The van der Waals surface area contributed by atoms with Crippen molar-refractivity contribution in [3.63, 3.8) is 0 Å². The summed E-state index contributed by atoms with van der Waals surface area (Å²) in [7, 11) is -1.49. The van der Waals surface area contributed by atoms with Crippen LogP contribution in [0.4, 0.5) is 16.5 Å². The number of nitrogens with zero attached hydrogens (tertiary/aromatic N) is 2. The van der Waals surface area contributed by atoms with Crippen molar-refractivity contribution in [3.8, 4) is 17.0 Å². The molecule has 0 saturated heterocycles. The summed E-state index contributed by atoms with van der Waals surface area (Å²) in [6.45, 7) is 0. The van der Waals surface area contributed by atoms with Crippen LogP contribution in [0.25, 0.3) is 11.3 Å². The molecule has 0 spiro atoms. The molecule has 0 saturated carbocycles. The minimum atomic E-state index is -3.31. The molecule has 0 radical (unpaired) electrons. The number of fused-ring (bicyclic) bond motifs is 1. The van der Waals surface area contributed by atoms with E-state index < -0.39 is 16.0 Å². The van der Waals surface area contributed by atoms with Gasteiger partial charge in [0, 0.05) is 23.7 Å². The number of carboxylic acids is 1. The molecule has 144 valence electrons. The van der Waals surface area contributed by atoms with Gasteiger partial charge in [-0.05, 0) is 42.0 Å². The number of carboxylic acid groups (broad SMARTS) is 1. The van der Waals surface area contributed by atoms with Crippen molar-refractivity contribution in [2.45, 2.75) is 5.75 Å². The Labute approximate surface area is 164 Å². The average Bonchev–Trinajstić information content (AvgIpc) is 3.23. The Morgan fingerprint density at radius 1 is 1.25 bits per heavy atom. The van der Waals surface area contributed by atoms with Gasteiger partial charge in [-0.1, -0.05) is 0 Å². The fourth-order valence-electron chi connectivity index (χ4n) is 2.94. The van der Waals surface area contributed by atoms with Crippen LogP contribution in [0.15, 0.2) is 41.8 Å². The first-order valence-corrected chi connectivity index (χ1v) is 10.7. The van der Waals surface area contributed by atoms with Gasteiger partial charge in [0.15, 0.2) is 5.13 Å². The number of carbonyl (C=O) groups is 1. The first-order valence-electron chi connectivity index (χ1n) is 8.13. The topological polar surface area (TPSA) is 120 Å². The summed E-state index contributed by atoms with van der Waals surface area (Å²) >= 11 is 1.37. The highest BCUT2D eigenvalue weighted by atomic mass is 32.2. The number of sulfonamides is 1. The fourth-order valence-corrected chi connectivity index (χ4v) is 5.02. The molecule has 0 aliphatic carbocycles.